The van der Waals surface area contributed by atoms with E-state index in [0.717, 1.165) is 36.3 Å². The monoisotopic (exact) mass is 306 g/mol. The average Bonchev–Trinajstić information content (AvgIpc) is 2.45. The second-order valence-electron chi connectivity index (χ2n) is 7.12. The molecule has 22 heavy (non-hydrogen) atoms. The first-order chi connectivity index (χ1) is 10.3. The number of rotatable bonds is 6. The van der Waals surface area contributed by atoms with Crippen LogP contribution in [0.3, 0.4) is 0 Å². The average molecular weight is 306 g/mol. The number of hydrogen-bond donors (Lipinski definition) is 2. The van der Waals surface area contributed by atoms with Crippen LogP contribution >= 0.6 is 0 Å². The smallest absolute Gasteiger partial charge is 0.320 e. The first-order valence-electron chi connectivity index (χ1n) is 7.86. The first kappa shape index (κ1) is 16.9. The Kier molecular flexibility index (Phi) is 5.53. The van der Waals surface area contributed by atoms with Crippen LogP contribution in [0.4, 0.5) is 0 Å². The molecule has 0 fully saturated rings. The fourth-order valence-corrected chi connectivity index (χ4v) is 2.52. The highest BCUT2D eigenvalue weighted by Gasteiger charge is 2.20. The predicted molar refractivity (Wildman–Crippen MR) is 84.5 cm³/mol. The van der Waals surface area contributed by atoms with Crippen LogP contribution in [0.1, 0.15) is 50.4 Å². The first-order valence-corrected chi connectivity index (χ1v) is 7.86. The quantitative estimate of drug-likeness (QED) is 0.845. The van der Waals surface area contributed by atoms with Gasteiger partial charge in [-0.25, -0.2) is 0 Å². The van der Waals surface area contributed by atoms with E-state index in [1.807, 2.05) is 6.20 Å². The molecule has 1 aliphatic heterocycles. The molecule has 1 aromatic rings. The minimum Gasteiger partial charge on any atom is -0.480 e. The van der Waals surface area contributed by atoms with Crippen molar-refractivity contribution in [1.29, 1.82) is 0 Å². The summed E-state index contributed by atoms with van der Waals surface area (Å²) in [4.78, 5) is 15.8. The number of hydrogen-bond acceptors (Lipinski definition) is 4. The number of aliphatic carboxylic acids is 1. The molecule has 0 aromatic carbocycles. The predicted octanol–water partition coefficient (Wildman–Crippen LogP) is 2.52. The molecule has 1 aliphatic rings. The highest BCUT2D eigenvalue weighted by atomic mass is 16.5. The molecule has 2 N–H and O–H groups in total. The second kappa shape index (κ2) is 7.20. The van der Waals surface area contributed by atoms with Crippen molar-refractivity contribution in [2.75, 3.05) is 6.61 Å². The van der Waals surface area contributed by atoms with Gasteiger partial charge in [0.15, 0.2) is 0 Å². The van der Waals surface area contributed by atoms with Gasteiger partial charge in [-0.3, -0.25) is 9.78 Å². The Bertz CT molecular complexity index is 523. The van der Waals surface area contributed by atoms with Crippen molar-refractivity contribution in [1.82, 2.24) is 10.3 Å². The van der Waals surface area contributed by atoms with Crippen molar-refractivity contribution in [3.05, 3.63) is 29.1 Å². The van der Waals surface area contributed by atoms with Crippen LogP contribution in [-0.4, -0.2) is 28.7 Å². The van der Waals surface area contributed by atoms with Crippen molar-refractivity contribution in [2.45, 2.75) is 59.2 Å². The second-order valence-corrected chi connectivity index (χ2v) is 7.12. The minimum absolute atomic E-state index is 0.139. The summed E-state index contributed by atoms with van der Waals surface area (Å²) in [5.41, 5.74) is 3.36. The molecule has 1 atom stereocenters. The van der Waals surface area contributed by atoms with Crippen LogP contribution in [0.15, 0.2) is 12.3 Å². The lowest BCUT2D eigenvalue weighted by atomic mass is 9.88. The van der Waals surface area contributed by atoms with E-state index >= 15 is 0 Å². The van der Waals surface area contributed by atoms with Gasteiger partial charge in [0.05, 0.1) is 13.2 Å². The molecule has 0 aliphatic carbocycles. The molecule has 1 aromatic heterocycles. The number of nitrogens with zero attached hydrogens (tertiary/aromatic N) is 1. The highest BCUT2D eigenvalue weighted by Crippen LogP contribution is 2.22. The van der Waals surface area contributed by atoms with Crippen LogP contribution < -0.4 is 5.32 Å². The number of carboxylic acids is 1. The van der Waals surface area contributed by atoms with Crippen molar-refractivity contribution < 1.29 is 14.6 Å². The van der Waals surface area contributed by atoms with Gasteiger partial charge in [-0.2, -0.15) is 0 Å². The summed E-state index contributed by atoms with van der Waals surface area (Å²) in [6.07, 6.45) is 4.18. The molecule has 5 heteroatoms. The van der Waals surface area contributed by atoms with E-state index in [4.69, 9.17) is 4.74 Å². The van der Waals surface area contributed by atoms with Gasteiger partial charge in [-0.1, -0.05) is 20.8 Å². The number of carbonyl (C=O) groups is 1. The summed E-state index contributed by atoms with van der Waals surface area (Å²) in [6, 6.07) is 1.54. The SMILES string of the molecule is CC(C)(C)CC[C@H](NCc1cnc2c(c1)COCC2)C(=O)O. The summed E-state index contributed by atoms with van der Waals surface area (Å²) < 4.78 is 5.44. The summed E-state index contributed by atoms with van der Waals surface area (Å²) in [6.45, 7) is 8.22. The van der Waals surface area contributed by atoms with E-state index < -0.39 is 12.0 Å². The maximum Gasteiger partial charge on any atom is 0.320 e. The van der Waals surface area contributed by atoms with Crippen LogP contribution in [0, 0.1) is 5.41 Å². The molecule has 5 nitrogen and oxygen atoms in total. The number of pyridine rings is 1. The molecule has 2 rings (SSSR count). The number of ether oxygens (including phenoxy) is 1. The lowest BCUT2D eigenvalue weighted by Gasteiger charge is -2.22. The molecule has 0 amide bonds. The van der Waals surface area contributed by atoms with Gasteiger partial charge < -0.3 is 15.2 Å². The van der Waals surface area contributed by atoms with E-state index in [1.54, 1.807) is 0 Å². The Morgan fingerprint density at radius 2 is 2.27 bits per heavy atom. The van der Waals surface area contributed by atoms with Crippen molar-refractivity contribution in [3.8, 4) is 0 Å². The lowest BCUT2D eigenvalue weighted by Crippen LogP contribution is -2.37. The maximum absolute atomic E-state index is 11.4. The maximum atomic E-state index is 11.4. The zero-order chi connectivity index (χ0) is 16.2. The fourth-order valence-electron chi connectivity index (χ4n) is 2.52. The van der Waals surface area contributed by atoms with Crippen LogP contribution in [-0.2, 0) is 29.1 Å². The largest absolute Gasteiger partial charge is 0.480 e. The van der Waals surface area contributed by atoms with E-state index in [9.17, 15) is 9.90 Å². The third-order valence-electron chi connectivity index (χ3n) is 3.89. The van der Waals surface area contributed by atoms with Gasteiger partial charge in [0, 0.05) is 24.9 Å². The number of fused-ring (bicyclic) bond motifs is 1. The number of carboxylic acid groups (broad SMARTS) is 1. The molecule has 0 bridgehead atoms. The number of nitrogens with one attached hydrogen (secondary N) is 1. The third kappa shape index (κ3) is 5.07. The minimum atomic E-state index is -0.793. The van der Waals surface area contributed by atoms with E-state index in [0.29, 0.717) is 19.6 Å². The van der Waals surface area contributed by atoms with Crippen LogP contribution in [0.25, 0.3) is 0 Å². The van der Waals surface area contributed by atoms with Crippen molar-refractivity contribution >= 4 is 5.97 Å². The molecule has 0 spiro atoms. The molecule has 122 valence electrons. The summed E-state index contributed by atoms with van der Waals surface area (Å²) >= 11 is 0. The van der Waals surface area contributed by atoms with Gasteiger partial charge in [0.2, 0.25) is 0 Å². The topological polar surface area (TPSA) is 71.5 Å². The van der Waals surface area contributed by atoms with Gasteiger partial charge in [-0.15, -0.1) is 0 Å². The number of aromatic nitrogens is 1. The Labute approximate surface area is 132 Å². The molecule has 0 radical (unpaired) electrons. The van der Waals surface area contributed by atoms with E-state index in [1.165, 1.54) is 0 Å². The lowest BCUT2D eigenvalue weighted by molar-refractivity contribution is -0.139. The normalized spacial score (nSPS) is 16.1. The van der Waals surface area contributed by atoms with E-state index in [-0.39, 0.29) is 5.41 Å². The Morgan fingerprint density at radius 1 is 1.50 bits per heavy atom. The zero-order valence-electron chi connectivity index (χ0n) is 13.7. The van der Waals surface area contributed by atoms with Gasteiger partial charge in [-0.05, 0) is 35.4 Å². The van der Waals surface area contributed by atoms with Gasteiger partial charge in [0.25, 0.3) is 0 Å². The molecular weight excluding hydrogens is 280 g/mol. The van der Waals surface area contributed by atoms with Crippen molar-refractivity contribution in [2.24, 2.45) is 5.41 Å². The standard InChI is InChI=1S/C17H26N2O3/c1-17(2,3)6-4-15(16(20)21)19-10-12-8-13-11-22-7-5-14(13)18-9-12/h8-9,15,19H,4-7,10-11H2,1-3H3,(H,20,21)/t15-/m0/s1. The third-order valence-corrected chi connectivity index (χ3v) is 3.89. The molecular formula is C17H26N2O3. The van der Waals surface area contributed by atoms with Gasteiger partial charge >= 0.3 is 5.97 Å². The summed E-state index contributed by atoms with van der Waals surface area (Å²) in [5, 5.41) is 12.5. The highest BCUT2D eigenvalue weighted by molar-refractivity contribution is 5.73. The van der Waals surface area contributed by atoms with Gasteiger partial charge in [0.1, 0.15) is 6.04 Å². The molecule has 0 saturated carbocycles. The summed E-state index contributed by atoms with van der Waals surface area (Å²) in [5.74, 6) is -0.793. The van der Waals surface area contributed by atoms with Crippen LogP contribution in [0.5, 0.6) is 0 Å². The van der Waals surface area contributed by atoms with E-state index in [2.05, 4.69) is 37.1 Å². The van der Waals surface area contributed by atoms with Crippen LogP contribution in [0.2, 0.25) is 0 Å². The Balaban J connectivity index is 1.93. The van der Waals surface area contributed by atoms with Crippen molar-refractivity contribution in [3.63, 3.8) is 0 Å². The fraction of sp³-hybridized carbons (Fsp3) is 0.647. The molecule has 2 heterocycles. The summed E-state index contributed by atoms with van der Waals surface area (Å²) in [7, 11) is 0. The Hall–Kier alpha value is -1.46. The molecule has 0 unspecified atom stereocenters. The Morgan fingerprint density at radius 3 is 2.95 bits per heavy atom. The zero-order valence-corrected chi connectivity index (χ0v) is 13.7. The molecule has 0 saturated heterocycles.